The summed E-state index contributed by atoms with van der Waals surface area (Å²) in [6.07, 6.45) is 2.12. The van der Waals surface area contributed by atoms with Crippen LogP contribution in [0.25, 0.3) is 21.3 Å². The molecule has 4 rings (SSSR count). The molecule has 0 aliphatic heterocycles. The molecule has 0 saturated heterocycles. The number of fused-ring (bicyclic) bond motifs is 1. The van der Waals surface area contributed by atoms with Crippen molar-refractivity contribution in [3.05, 3.63) is 81.2 Å². The van der Waals surface area contributed by atoms with E-state index in [1.165, 1.54) is 22.2 Å². The van der Waals surface area contributed by atoms with Crippen LogP contribution >= 0.6 is 11.3 Å². The van der Waals surface area contributed by atoms with Gasteiger partial charge in [0.25, 0.3) is 5.56 Å². The topological polar surface area (TPSA) is 90.3 Å². The van der Waals surface area contributed by atoms with Crippen LogP contribution in [0.2, 0.25) is 0 Å². The van der Waals surface area contributed by atoms with E-state index in [4.69, 9.17) is 4.74 Å². The maximum absolute atomic E-state index is 13.3. The van der Waals surface area contributed by atoms with Gasteiger partial charge in [0.15, 0.2) is 0 Å². The summed E-state index contributed by atoms with van der Waals surface area (Å²) < 4.78 is 6.44. The molecule has 0 unspecified atom stereocenters. The number of benzene rings is 2. The van der Waals surface area contributed by atoms with Crippen molar-refractivity contribution in [3.8, 4) is 11.1 Å². The fourth-order valence-electron chi connectivity index (χ4n) is 3.75. The molecule has 1 N–H and O–H groups in total. The number of amides is 1. The van der Waals surface area contributed by atoms with Crippen molar-refractivity contribution in [1.29, 1.82) is 0 Å². The molecule has 174 valence electrons. The second-order valence-electron chi connectivity index (χ2n) is 8.09. The third-order valence-corrected chi connectivity index (χ3v) is 6.25. The number of aromatic nitrogens is 2. The first-order valence-corrected chi connectivity index (χ1v) is 11.9. The molecule has 0 aliphatic carbocycles. The van der Waals surface area contributed by atoms with Crippen molar-refractivity contribution in [2.75, 3.05) is 11.9 Å². The van der Waals surface area contributed by atoms with Gasteiger partial charge in [-0.1, -0.05) is 36.8 Å². The van der Waals surface area contributed by atoms with E-state index in [1.54, 1.807) is 24.3 Å². The van der Waals surface area contributed by atoms with E-state index in [0.29, 0.717) is 28.1 Å². The van der Waals surface area contributed by atoms with Crippen LogP contribution in [0, 0.1) is 13.8 Å². The quantitative estimate of drug-likeness (QED) is 0.382. The Bertz CT molecular complexity index is 1440. The lowest BCUT2D eigenvalue weighted by molar-refractivity contribution is -0.116. The van der Waals surface area contributed by atoms with Crippen LogP contribution in [0.15, 0.2) is 59.0 Å². The van der Waals surface area contributed by atoms with Crippen molar-refractivity contribution in [2.24, 2.45) is 0 Å². The molecule has 34 heavy (non-hydrogen) atoms. The van der Waals surface area contributed by atoms with Crippen LogP contribution < -0.4 is 10.9 Å². The lowest BCUT2D eigenvalue weighted by atomic mass is 9.99. The highest BCUT2D eigenvalue weighted by Gasteiger charge is 2.16. The van der Waals surface area contributed by atoms with E-state index < -0.39 is 11.9 Å². The van der Waals surface area contributed by atoms with E-state index in [9.17, 15) is 14.4 Å². The summed E-state index contributed by atoms with van der Waals surface area (Å²) in [7, 11) is 0. The Hall–Kier alpha value is -3.78. The van der Waals surface area contributed by atoms with Crippen LogP contribution in [0.3, 0.4) is 0 Å². The summed E-state index contributed by atoms with van der Waals surface area (Å²) in [5, 5.41) is 5.18. The number of esters is 1. The number of hydrogen-bond donors (Lipinski definition) is 1. The molecule has 1 amide bonds. The average Bonchev–Trinajstić information content (AvgIpc) is 3.24. The number of anilines is 1. The number of carbonyl (C=O) groups is 2. The van der Waals surface area contributed by atoms with Crippen molar-refractivity contribution in [3.63, 3.8) is 0 Å². The van der Waals surface area contributed by atoms with E-state index >= 15 is 0 Å². The van der Waals surface area contributed by atoms with Gasteiger partial charge in [0, 0.05) is 16.6 Å². The maximum Gasteiger partial charge on any atom is 0.338 e. The van der Waals surface area contributed by atoms with Gasteiger partial charge in [0.2, 0.25) is 5.91 Å². The Labute approximate surface area is 201 Å². The standard InChI is InChI=1S/C26H25N3O4S/c1-4-10-33-26(32)18-6-5-7-19(12-18)28-22(30)13-29-15-27-24-23(25(29)31)21(14-34-24)20-9-8-16(2)11-17(20)3/h5-9,11-12,14-15H,4,10,13H2,1-3H3,(H,28,30). The molecule has 0 atom stereocenters. The number of thiophene rings is 1. The molecule has 2 aromatic carbocycles. The molecule has 2 aromatic heterocycles. The van der Waals surface area contributed by atoms with Gasteiger partial charge >= 0.3 is 5.97 Å². The molecule has 0 spiro atoms. The van der Waals surface area contributed by atoms with Gasteiger partial charge < -0.3 is 10.1 Å². The predicted octanol–water partition coefficient (Wildman–Crippen LogP) is 4.95. The average molecular weight is 476 g/mol. The van der Waals surface area contributed by atoms with Crippen LogP contribution in [0.4, 0.5) is 5.69 Å². The molecule has 7 nitrogen and oxygen atoms in total. The van der Waals surface area contributed by atoms with E-state index in [2.05, 4.69) is 16.4 Å². The molecular weight excluding hydrogens is 450 g/mol. The molecule has 0 radical (unpaired) electrons. The Kier molecular flexibility index (Phi) is 6.88. The smallest absolute Gasteiger partial charge is 0.338 e. The Balaban J connectivity index is 1.57. The number of rotatable bonds is 7. The number of nitrogens with one attached hydrogen (secondary N) is 1. The summed E-state index contributed by atoms with van der Waals surface area (Å²) in [4.78, 5) is 43.1. The second kappa shape index (κ2) is 10.0. The summed E-state index contributed by atoms with van der Waals surface area (Å²) in [5.41, 5.74) is 4.55. The lowest BCUT2D eigenvalue weighted by Gasteiger charge is -2.10. The SMILES string of the molecule is CCCOC(=O)c1cccc(NC(=O)Cn2cnc3scc(-c4ccc(C)cc4C)c3c2=O)c1. The molecule has 2 heterocycles. The molecule has 8 heteroatoms. The molecule has 0 saturated carbocycles. The summed E-state index contributed by atoms with van der Waals surface area (Å²) in [5.74, 6) is -0.842. The zero-order valence-electron chi connectivity index (χ0n) is 19.3. The van der Waals surface area contributed by atoms with Gasteiger partial charge in [0.1, 0.15) is 11.4 Å². The van der Waals surface area contributed by atoms with E-state index in [-0.39, 0.29) is 12.1 Å². The minimum absolute atomic E-state index is 0.200. The summed E-state index contributed by atoms with van der Waals surface area (Å²) in [6.45, 7) is 6.09. The number of ether oxygens (including phenoxy) is 1. The Morgan fingerprint density at radius 2 is 1.94 bits per heavy atom. The zero-order valence-corrected chi connectivity index (χ0v) is 20.1. The van der Waals surface area contributed by atoms with E-state index in [1.807, 2.05) is 38.3 Å². The van der Waals surface area contributed by atoms with E-state index in [0.717, 1.165) is 28.7 Å². The van der Waals surface area contributed by atoms with Crippen molar-refractivity contribution < 1.29 is 14.3 Å². The van der Waals surface area contributed by atoms with Crippen LogP contribution in [-0.2, 0) is 16.1 Å². The van der Waals surface area contributed by atoms with Gasteiger partial charge in [-0.05, 0) is 49.6 Å². The third-order valence-electron chi connectivity index (χ3n) is 5.37. The highest BCUT2D eigenvalue weighted by atomic mass is 32.1. The monoisotopic (exact) mass is 475 g/mol. The fraction of sp³-hybridized carbons (Fsp3) is 0.231. The first kappa shape index (κ1) is 23.4. The minimum atomic E-state index is -0.444. The highest BCUT2D eigenvalue weighted by Crippen LogP contribution is 2.33. The minimum Gasteiger partial charge on any atom is -0.462 e. The Morgan fingerprint density at radius 1 is 1.12 bits per heavy atom. The van der Waals surface area contributed by atoms with Crippen LogP contribution in [-0.4, -0.2) is 28.0 Å². The van der Waals surface area contributed by atoms with Crippen molar-refractivity contribution in [1.82, 2.24) is 9.55 Å². The largest absolute Gasteiger partial charge is 0.462 e. The molecule has 0 bridgehead atoms. The molecule has 4 aromatic rings. The van der Waals surface area contributed by atoms with Gasteiger partial charge in [-0.25, -0.2) is 9.78 Å². The highest BCUT2D eigenvalue weighted by molar-refractivity contribution is 7.17. The number of hydrogen-bond acceptors (Lipinski definition) is 6. The number of aryl methyl sites for hydroxylation is 2. The normalized spacial score (nSPS) is 10.9. The molecular formula is C26H25N3O4S. The van der Waals surface area contributed by atoms with Gasteiger partial charge in [-0.3, -0.25) is 14.2 Å². The van der Waals surface area contributed by atoms with Crippen molar-refractivity contribution >= 4 is 39.1 Å². The number of nitrogens with zero attached hydrogens (tertiary/aromatic N) is 2. The van der Waals surface area contributed by atoms with Crippen LogP contribution in [0.5, 0.6) is 0 Å². The Morgan fingerprint density at radius 3 is 2.71 bits per heavy atom. The predicted molar refractivity (Wildman–Crippen MR) is 134 cm³/mol. The maximum atomic E-state index is 13.3. The van der Waals surface area contributed by atoms with Crippen molar-refractivity contribution in [2.45, 2.75) is 33.7 Å². The summed E-state index contributed by atoms with van der Waals surface area (Å²) >= 11 is 1.41. The number of carbonyl (C=O) groups excluding carboxylic acids is 2. The molecule has 0 aliphatic rings. The van der Waals surface area contributed by atoms with Gasteiger partial charge in [-0.15, -0.1) is 11.3 Å². The van der Waals surface area contributed by atoms with Crippen LogP contribution in [0.1, 0.15) is 34.8 Å². The van der Waals surface area contributed by atoms with Gasteiger partial charge in [0.05, 0.1) is 23.9 Å². The second-order valence-corrected chi connectivity index (χ2v) is 8.95. The fourth-order valence-corrected chi connectivity index (χ4v) is 4.65. The zero-order chi connectivity index (χ0) is 24.2. The first-order chi connectivity index (χ1) is 16.4. The third kappa shape index (κ3) is 4.92. The van der Waals surface area contributed by atoms with Gasteiger partial charge in [-0.2, -0.15) is 0 Å². The lowest BCUT2D eigenvalue weighted by Crippen LogP contribution is -2.27. The first-order valence-electron chi connectivity index (χ1n) is 11.0. The molecule has 0 fully saturated rings. The summed E-state index contributed by atoms with van der Waals surface area (Å²) in [6, 6.07) is 12.6.